The lowest BCUT2D eigenvalue weighted by Gasteiger charge is -2.19. The number of hydrogen-bond donors (Lipinski definition) is 4. The third-order valence-electron chi connectivity index (χ3n) is 3.96. The molecule has 2 aromatic rings. The minimum Gasteiger partial charge on any atom is -0.371 e. The average Bonchev–Trinajstić information content (AvgIpc) is 3.21. The van der Waals surface area contributed by atoms with Crippen LogP contribution in [-0.2, 0) is 27.4 Å². The number of rotatable bonds is 9. The summed E-state index contributed by atoms with van der Waals surface area (Å²) in [5, 5.41) is 0. The number of phosphoric acid groups is 1. The molecule has 5 atom stereocenters. The summed E-state index contributed by atoms with van der Waals surface area (Å²) in [7, 11) is -8.43. The number of anilines is 1. The molecular formula is C13H19N5O9P2. The van der Waals surface area contributed by atoms with Crippen LogP contribution in [0.4, 0.5) is 5.95 Å². The van der Waals surface area contributed by atoms with E-state index in [2.05, 4.69) is 25.8 Å². The molecular weight excluding hydrogens is 432 g/mol. The summed E-state index contributed by atoms with van der Waals surface area (Å²) in [6, 6.07) is 0. The van der Waals surface area contributed by atoms with E-state index in [1.165, 1.54) is 17.0 Å². The van der Waals surface area contributed by atoms with Crippen molar-refractivity contribution in [1.82, 2.24) is 19.5 Å². The maximum Gasteiger partial charge on any atom is 0.479 e. The molecule has 0 aromatic carbocycles. The van der Waals surface area contributed by atoms with E-state index in [-0.39, 0.29) is 30.1 Å². The zero-order chi connectivity index (χ0) is 21.2. The number of imidazole rings is 1. The standard InChI is InChI=1S/C13H19N5O9P2/c1-2-3-24-7-4-9(26-8(7)5-25-29(22,23)27-28(20)21)18-6-15-10-11(18)16-13(14)17-12(10)19/h2,6-9,28H,1,3-5H2,(H,20,21)(H,22,23)(H3,14,16,17,19)/t7-,8-,9-/m1/s1. The average molecular weight is 451 g/mol. The quantitative estimate of drug-likeness (QED) is 0.296. The van der Waals surface area contributed by atoms with Crippen LogP contribution in [0.3, 0.4) is 0 Å². The van der Waals surface area contributed by atoms with E-state index in [1.807, 2.05) is 0 Å². The van der Waals surface area contributed by atoms with Gasteiger partial charge in [-0.25, -0.2) is 13.9 Å². The van der Waals surface area contributed by atoms with Gasteiger partial charge in [0.05, 0.1) is 25.6 Å². The van der Waals surface area contributed by atoms with Crippen molar-refractivity contribution < 1.29 is 37.2 Å². The Morgan fingerprint density at radius 1 is 1.59 bits per heavy atom. The minimum atomic E-state index is -4.75. The number of aromatic nitrogens is 4. The number of hydrogen-bond acceptors (Lipinski definition) is 10. The molecule has 14 nitrogen and oxygen atoms in total. The first-order chi connectivity index (χ1) is 13.7. The lowest BCUT2D eigenvalue weighted by atomic mass is 10.2. The maximum absolute atomic E-state index is 11.9. The van der Waals surface area contributed by atoms with Gasteiger partial charge in [-0.3, -0.25) is 23.4 Å². The number of phosphoric ester groups is 1. The topological polar surface area (TPSA) is 201 Å². The highest BCUT2D eigenvalue weighted by molar-refractivity contribution is 7.55. The largest absolute Gasteiger partial charge is 0.479 e. The molecule has 0 amide bonds. The minimum absolute atomic E-state index is 0.0624. The first kappa shape index (κ1) is 21.8. The Morgan fingerprint density at radius 2 is 2.34 bits per heavy atom. The number of nitrogens with zero attached hydrogens (tertiary/aromatic N) is 3. The Morgan fingerprint density at radius 3 is 3.03 bits per heavy atom. The highest BCUT2D eigenvalue weighted by atomic mass is 31.2. The van der Waals surface area contributed by atoms with Gasteiger partial charge in [-0.15, -0.1) is 6.58 Å². The van der Waals surface area contributed by atoms with E-state index in [0.29, 0.717) is 0 Å². The van der Waals surface area contributed by atoms with Gasteiger partial charge < -0.3 is 25.0 Å². The predicted octanol–water partition coefficient (Wildman–Crippen LogP) is 0.0761. The van der Waals surface area contributed by atoms with Crippen molar-refractivity contribution in [3.05, 3.63) is 29.3 Å². The molecule has 2 aromatic heterocycles. The van der Waals surface area contributed by atoms with Crippen molar-refractivity contribution in [3.63, 3.8) is 0 Å². The van der Waals surface area contributed by atoms with Gasteiger partial charge in [0.25, 0.3) is 5.56 Å². The molecule has 2 unspecified atom stereocenters. The molecule has 0 radical (unpaired) electrons. The van der Waals surface area contributed by atoms with Crippen LogP contribution in [0.15, 0.2) is 23.8 Å². The third-order valence-corrected chi connectivity index (χ3v) is 5.99. The molecule has 16 heteroatoms. The van der Waals surface area contributed by atoms with Crippen molar-refractivity contribution in [2.45, 2.75) is 24.9 Å². The molecule has 3 rings (SSSR count). The maximum atomic E-state index is 11.9. The van der Waals surface area contributed by atoms with Crippen LogP contribution < -0.4 is 11.3 Å². The monoisotopic (exact) mass is 451 g/mol. The molecule has 29 heavy (non-hydrogen) atoms. The molecule has 0 saturated carbocycles. The number of H-pyrrole nitrogens is 1. The molecule has 0 spiro atoms. The van der Waals surface area contributed by atoms with Gasteiger partial charge in [0.2, 0.25) is 5.95 Å². The van der Waals surface area contributed by atoms with Crippen molar-refractivity contribution in [3.8, 4) is 0 Å². The van der Waals surface area contributed by atoms with Crippen LogP contribution in [0.25, 0.3) is 11.2 Å². The van der Waals surface area contributed by atoms with Crippen LogP contribution in [0.2, 0.25) is 0 Å². The van der Waals surface area contributed by atoms with E-state index in [1.54, 1.807) is 0 Å². The van der Waals surface area contributed by atoms with Gasteiger partial charge in [0, 0.05) is 6.42 Å². The van der Waals surface area contributed by atoms with Gasteiger partial charge in [0.1, 0.15) is 12.3 Å². The van der Waals surface area contributed by atoms with Crippen molar-refractivity contribution in [1.29, 1.82) is 0 Å². The second-order valence-electron chi connectivity index (χ2n) is 5.92. The fourth-order valence-electron chi connectivity index (χ4n) is 2.83. The molecule has 3 heterocycles. The lowest BCUT2D eigenvalue weighted by Crippen LogP contribution is -2.29. The smallest absolute Gasteiger partial charge is 0.371 e. The number of ether oxygens (including phenoxy) is 2. The van der Waals surface area contributed by atoms with E-state index in [9.17, 15) is 18.8 Å². The molecule has 160 valence electrons. The summed E-state index contributed by atoms with van der Waals surface area (Å²) in [5.41, 5.74) is 5.33. The number of fused-ring (bicyclic) bond motifs is 1. The number of aromatic amines is 1. The zero-order valence-electron chi connectivity index (χ0n) is 14.8. The summed E-state index contributed by atoms with van der Waals surface area (Å²) in [6.45, 7) is 3.26. The Kier molecular flexibility index (Phi) is 6.66. The van der Waals surface area contributed by atoms with Crippen LogP contribution in [0.5, 0.6) is 0 Å². The van der Waals surface area contributed by atoms with Crippen LogP contribution in [0.1, 0.15) is 12.6 Å². The normalized spacial score (nSPS) is 25.1. The second-order valence-corrected chi connectivity index (χ2v) is 8.38. The van der Waals surface area contributed by atoms with Gasteiger partial charge in [-0.2, -0.15) is 4.98 Å². The van der Waals surface area contributed by atoms with Gasteiger partial charge in [-0.05, 0) is 0 Å². The first-order valence-corrected chi connectivity index (χ1v) is 11.0. The fraction of sp³-hybridized carbons (Fsp3) is 0.462. The van der Waals surface area contributed by atoms with Crippen LogP contribution in [0, 0.1) is 0 Å². The number of nitrogen functional groups attached to an aromatic ring is 1. The Hall–Kier alpha value is -1.89. The van der Waals surface area contributed by atoms with E-state index in [0.717, 1.165) is 0 Å². The second kappa shape index (κ2) is 8.86. The Balaban J connectivity index is 1.80. The summed E-state index contributed by atoms with van der Waals surface area (Å²) >= 11 is 0. The summed E-state index contributed by atoms with van der Waals surface area (Å²) < 4.78 is 43.9. The molecule has 1 saturated heterocycles. The zero-order valence-corrected chi connectivity index (χ0v) is 16.7. The van der Waals surface area contributed by atoms with Gasteiger partial charge in [-0.1, -0.05) is 6.08 Å². The van der Waals surface area contributed by atoms with Gasteiger partial charge in [0.15, 0.2) is 11.2 Å². The highest BCUT2D eigenvalue weighted by Crippen LogP contribution is 2.51. The van der Waals surface area contributed by atoms with Crippen LogP contribution in [-0.4, -0.2) is 54.7 Å². The Bertz CT molecular complexity index is 1020. The molecule has 0 aliphatic carbocycles. The van der Waals surface area contributed by atoms with Crippen molar-refractivity contribution in [2.24, 2.45) is 0 Å². The highest BCUT2D eigenvalue weighted by Gasteiger charge is 2.39. The van der Waals surface area contributed by atoms with Crippen molar-refractivity contribution >= 4 is 33.2 Å². The van der Waals surface area contributed by atoms with Crippen LogP contribution >= 0.6 is 16.1 Å². The summed E-state index contributed by atoms with van der Waals surface area (Å²) in [6.07, 6.45) is 0.978. The van der Waals surface area contributed by atoms with E-state index in [4.69, 9.17) is 24.6 Å². The molecule has 1 aliphatic rings. The molecule has 1 fully saturated rings. The van der Waals surface area contributed by atoms with E-state index < -0.39 is 46.7 Å². The molecule has 0 bridgehead atoms. The molecule has 1 aliphatic heterocycles. The Labute approximate surface area is 163 Å². The van der Waals surface area contributed by atoms with E-state index >= 15 is 0 Å². The first-order valence-electron chi connectivity index (χ1n) is 8.20. The molecule has 5 N–H and O–H groups in total. The third kappa shape index (κ3) is 5.18. The number of nitrogens with two attached hydrogens (primary N) is 1. The van der Waals surface area contributed by atoms with Gasteiger partial charge >= 0.3 is 16.1 Å². The summed E-state index contributed by atoms with van der Waals surface area (Å²) in [5.74, 6) is -0.0980. The van der Waals surface area contributed by atoms with Crippen molar-refractivity contribution in [2.75, 3.05) is 18.9 Å². The SMILES string of the molecule is C=CCO[C@@H]1C[C@H](n2cnc3c(=O)[nH]c(N)nc32)O[C@@H]1COP(=O)(O)O[PH](=O)O. The predicted molar refractivity (Wildman–Crippen MR) is 99.1 cm³/mol. The fourth-order valence-corrected chi connectivity index (χ4v) is 4.17. The number of nitrogens with one attached hydrogen (secondary N) is 1. The lowest BCUT2D eigenvalue weighted by molar-refractivity contribution is -0.0548. The summed E-state index contributed by atoms with van der Waals surface area (Å²) in [4.78, 5) is 40.4.